The number of carboxylic acid groups (broad SMARTS) is 1. The lowest BCUT2D eigenvalue weighted by Crippen LogP contribution is -2.36. The summed E-state index contributed by atoms with van der Waals surface area (Å²) in [6, 6.07) is 1.45. The summed E-state index contributed by atoms with van der Waals surface area (Å²) in [5.41, 5.74) is 1.00. The number of carbonyl (C=O) groups is 2. The van der Waals surface area contributed by atoms with E-state index in [-0.39, 0.29) is 17.8 Å². The first-order valence-corrected chi connectivity index (χ1v) is 6.46. The molecule has 2 rings (SSSR count). The van der Waals surface area contributed by atoms with Crippen LogP contribution in [-0.4, -0.2) is 28.1 Å². The molecule has 6 heteroatoms. The number of amides is 2. The zero-order chi connectivity index (χ0) is 14.0. The predicted octanol–water partition coefficient (Wildman–Crippen LogP) is 2.33. The third-order valence-corrected chi connectivity index (χ3v) is 3.44. The summed E-state index contributed by atoms with van der Waals surface area (Å²) in [5.74, 6) is -0.452. The molecular weight excluding hydrogens is 246 g/mol. The van der Waals surface area contributed by atoms with Gasteiger partial charge in [-0.05, 0) is 38.2 Å². The summed E-state index contributed by atoms with van der Waals surface area (Å²) in [7, 11) is 0. The Morgan fingerprint density at radius 3 is 2.74 bits per heavy atom. The van der Waals surface area contributed by atoms with Crippen molar-refractivity contribution >= 4 is 17.7 Å². The number of urea groups is 1. The van der Waals surface area contributed by atoms with Gasteiger partial charge in [0.2, 0.25) is 0 Å². The maximum atomic E-state index is 11.8. The zero-order valence-corrected chi connectivity index (χ0v) is 11.1. The fourth-order valence-corrected chi connectivity index (χ4v) is 2.54. The molecule has 2 atom stereocenters. The molecule has 19 heavy (non-hydrogen) atoms. The summed E-state index contributed by atoms with van der Waals surface area (Å²) in [6.07, 6.45) is 3.08. The van der Waals surface area contributed by atoms with Crippen molar-refractivity contribution in [1.29, 1.82) is 0 Å². The molecule has 0 saturated heterocycles. The molecule has 2 amide bonds. The average molecular weight is 265 g/mol. The summed E-state index contributed by atoms with van der Waals surface area (Å²) in [4.78, 5) is 25.5. The number of H-pyrrole nitrogens is 1. The second kappa shape index (κ2) is 5.34. The number of carbonyl (C=O) groups excluding carboxylic acids is 1. The lowest BCUT2D eigenvalue weighted by atomic mass is 10.1. The summed E-state index contributed by atoms with van der Waals surface area (Å²) in [5, 5.41) is 14.5. The van der Waals surface area contributed by atoms with Gasteiger partial charge in [-0.2, -0.15) is 0 Å². The van der Waals surface area contributed by atoms with Gasteiger partial charge in [0.25, 0.3) is 0 Å². The maximum Gasteiger partial charge on any atom is 0.354 e. The third kappa shape index (κ3) is 3.27. The minimum absolute atomic E-state index is 0.00689. The van der Waals surface area contributed by atoms with Crippen LogP contribution < -0.4 is 10.6 Å². The van der Waals surface area contributed by atoms with Crippen LogP contribution in [0.4, 0.5) is 10.5 Å². The number of rotatable bonds is 3. The first kappa shape index (κ1) is 13.5. The minimum atomic E-state index is -1.09. The van der Waals surface area contributed by atoms with Crippen LogP contribution >= 0.6 is 0 Å². The average Bonchev–Trinajstić information content (AvgIpc) is 2.85. The van der Waals surface area contributed by atoms with E-state index in [9.17, 15) is 9.59 Å². The molecule has 1 saturated carbocycles. The number of aromatic carboxylic acids is 1. The van der Waals surface area contributed by atoms with Crippen molar-refractivity contribution < 1.29 is 14.7 Å². The monoisotopic (exact) mass is 265 g/mol. The van der Waals surface area contributed by atoms with Crippen molar-refractivity contribution in [2.75, 3.05) is 5.32 Å². The van der Waals surface area contributed by atoms with Gasteiger partial charge in [-0.1, -0.05) is 6.92 Å². The van der Waals surface area contributed by atoms with Gasteiger partial charge in [0.1, 0.15) is 5.69 Å². The molecule has 1 aliphatic rings. The molecule has 4 N–H and O–H groups in total. The number of hydrogen-bond acceptors (Lipinski definition) is 2. The highest BCUT2D eigenvalue weighted by molar-refractivity contribution is 5.99. The van der Waals surface area contributed by atoms with E-state index in [4.69, 9.17) is 5.11 Å². The second-order valence-electron chi connectivity index (χ2n) is 5.26. The van der Waals surface area contributed by atoms with Crippen molar-refractivity contribution in [3.05, 3.63) is 17.5 Å². The number of aromatic amines is 1. The van der Waals surface area contributed by atoms with Gasteiger partial charge >= 0.3 is 12.0 Å². The van der Waals surface area contributed by atoms with Gasteiger partial charge in [-0.3, -0.25) is 0 Å². The van der Waals surface area contributed by atoms with Crippen molar-refractivity contribution in [2.24, 2.45) is 5.92 Å². The van der Waals surface area contributed by atoms with E-state index in [1.807, 2.05) is 0 Å². The Kier molecular flexibility index (Phi) is 3.78. The largest absolute Gasteiger partial charge is 0.477 e. The third-order valence-electron chi connectivity index (χ3n) is 3.44. The normalized spacial score (nSPS) is 22.2. The number of nitrogens with one attached hydrogen (secondary N) is 3. The SMILES string of the molecule is Cc1cc(NC(=O)NC2CCC(C)C2)c(C(=O)O)[nH]1. The molecule has 6 nitrogen and oxygen atoms in total. The molecule has 1 heterocycles. The van der Waals surface area contributed by atoms with Gasteiger partial charge in [0.05, 0.1) is 5.69 Å². The molecule has 1 aliphatic carbocycles. The Bertz CT molecular complexity index is 495. The highest BCUT2D eigenvalue weighted by atomic mass is 16.4. The van der Waals surface area contributed by atoms with E-state index in [1.54, 1.807) is 13.0 Å². The van der Waals surface area contributed by atoms with Crippen LogP contribution in [0.1, 0.15) is 42.4 Å². The summed E-state index contributed by atoms with van der Waals surface area (Å²) in [6.45, 7) is 3.91. The van der Waals surface area contributed by atoms with Crippen LogP contribution in [0.2, 0.25) is 0 Å². The lowest BCUT2D eigenvalue weighted by molar-refractivity contribution is 0.0692. The Morgan fingerprint density at radius 1 is 1.42 bits per heavy atom. The summed E-state index contributed by atoms with van der Waals surface area (Å²) >= 11 is 0. The zero-order valence-electron chi connectivity index (χ0n) is 11.1. The molecule has 1 fully saturated rings. The Morgan fingerprint density at radius 2 is 2.16 bits per heavy atom. The Balaban J connectivity index is 1.97. The van der Waals surface area contributed by atoms with Crippen LogP contribution in [-0.2, 0) is 0 Å². The van der Waals surface area contributed by atoms with Gasteiger partial charge in [0, 0.05) is 11.7 Å². The molecule has 2 unspecified atom stereocenters. The minimum Gasteiger partial charge on any atom is -0.477 e. The quantitative estimate of drug-likeness (QED) is 0.675. The number of carboxylic acids is 1. The molecule has 0 spiro atoms. The highest BCUT2D eigenvalue weighted by Crippen LogP contribution is 2.24. The smallest absolute Gasteiger partial charge is 0.354 e. The van der Waals surface area contributed by atoms with Crippen LogP contribution in [0.15, 0.2) is 6.07 Å². The van der Waals surface area contributed by atoms with E-state index in [0.717, 1.165) is 19.3 Å². The van der Waals surface area contributed by atoms with E-state index >= 15 is 0 Å². The molecule has 1 aromatic heterocycles. The first-order valence-electron chi connectivity index (χ1n) is 6.46. The highest BCUT2D eigenvalue weighted by Gasteiger charge is 2.23. The second-order valence-corrected chi connectivity index (χ2v) is 5.26. The molecule has 0 bridgehead atoms. The maximum absolute atomic E-state index is 11.8. The fourth-order valence-electron chi connectivity index (χ4n) is 2.54. The van der Waals surface area contributed by atoms with Crippen LogP contribution in [0, 0.1) is 12.8 Å². The summed E-state index contributed by atoms with van der Waals surface area (Å²) < 4.78 is 0. The first-order chi connectivity index (χ1) is 8.95. The molecule has 0 radical (unpaired) electrons. The molecule has 1 aromatic rings. The fraction of sp³-hybridized carbons (Fsp3) is 0.538. The number of aromatic nitrogens is 1. The van der Waals surface area contributed by atoms with Gasteiger partial charge in [-0.25, -0.2) is 9.59 Å². The topological polar surface area (TPSA) is 94.2 Å². The van der Waals surface area contributed by atoms with E-state index in [1.165, 1.54) is 0 Å². The van der Waals surface area contributed by atoms with Crippen LogP contribution in [0.3, 0.4) is 0 Å². The number of aryl methyl sites for hydroxylation is 1. The van der Waals surface area contributed by atoms with Crippen LogP contribution in [0.25, 0.3) is 0 Å². The number of hydrogen-bond donors (Lipinski definition) is 4. The molecular formula is C13H19N3O3. The predicted molar refractivity (Wildman–Crippen MR) is 71.4 cm³/mol. The van der Waals surface area contributed by atoms with Crippen molar-refractivity contribution in [2.45, 2.75) is 39.2 Å². The lowest BCUT2D eigenvalue weighted by Gasteiger charge is -2.13. The Labute approximate surface area is 111 Å². The van der Waals surface area contributed by atoms with E-state index in [2.05, 4.69) is 22.5 Å². The van der Waals surface area contributed by atoms with Crippen molar-refractivity contribution in [3.8, 4) is 0 Å². The van der Waals surface area contributed by atoms with Crippen LogP contribution in [0.5, 0.6) is 0 Å². The Hall–Kier alpha value is -1.98. The molecule has 0 aromatic carbocycles. The number of anilines is 1. The van der Waals surface area contributed by atoms with Gasteiger partial charge in [0.15, 0.2) is 0 Å². The van der Waals surface area contributed by atoms with Crippen molar-refractivity contribution in [1.82, 2.24) is 10.3 Å². The van der Waals surface area contributed by atoms with Gasteiger partial charge in [-0.15, -0.1) is 0 Å². The molecule has 0 aliphatic heterocycles. The molecule has 104 valence electrons. The standard InChI is InChI=1S/C13H19N3O3/c1-7-3-4-9(5-7)15-13(19)16-10-6-8(2)14-11(10)12(17)18/h6-7,9,14H,3-5H2,1-2H3,(H,17,18)(H2,15,16,19). The van der Waals surface area contributed by atoms with Crippen molar-refractivity contribution in [3.63, 3.8) is 0 Å². The van der Waals surface area contributed by atoms with E-state index < -0.39 is 5.97 Å². The van der Waals surface area contributed by atoms with Gasteiger partial charge < -0.3 is 20.7 Å². The van der Waals surface area contributed by atoms with E-state index in [0.29, 0.717) is 17.3 Å².